The molecule has 132 valence electrons. The van der Waals surface area contributed by atoms with Crippen molar-refractivity contribution in [3.8, 4) is 0 Å². The molecule has 1 aromatic heterocycles. The zero-order valence-electron chi connectivity index (χ0n) is 14.0. The lowest BCUT2D eigenvalue weighted by Crippen LogP contribution is -2.39. The van der Waals surface area contributed by atoms with Gasteiger partial charge in [0.05, 0.1) is 6.61 Å². The molecule has 2 amide bonds. The second kappa shape index (κ2) is 7.94. The fourth-order valence-electron chi connectivity index (χ4n) is 2.94. The van der Waals surface area contributed by atoms with Gasteiger partial charge in [-0.1, -0.05) is 12.1 Å². The molecule has 1 aromatic carbocycles. The van der Waals surface area contributed by atoms with Crippen LogP contribution >= 0.6 is 0 Å². The van der Waals surface area contributed by atoms with Crippen molar-refractivity contribution in [1.82, 2.24) is 10.3 Å². The highest BCUT2D eigenvalue weighted by Crippen LogP contribution is 2.21. The number of halogens is 1. The van der Waals surface area contributed by atoms with Gasteiger partial charge in [0.25, 0.3) is 0 Å². The first-order valence-corrected chi connectivity index (χ1v) is 8.16. The maximum absolute atomic E-state index is 13.8. The summed E-state index contributed by atoms with van der Waals surface area (Å²) < 4.78 is 18.9. The number of nitrogens with one attached hydrogen (secondary N) is 2. The van der Waals surface area contributed by atoms with Gasteiger partial charge in [-0.3, -0.25) is 0 Å². The normalized spacial score (nSPS) is 16.7. The van der Waals surface area contributed by atoms with E-state index in [0.29, 0.717) is 31.2 Å². The number of ether oxygens (including phenoxy) is 1. The summed E-state index contributed by atoms with van der Waals surface area (Å²) in [7, 11) is 1.63. The highest BCUT2D eigenvalue weighted by molar-refractivity contribution is 5.89. The predicted octanol–water partition coefficient (Wildman–Crippen LogP) is 2.77. The van der Waals surface area contributed by atoms with E-state index in [1.54, 1.807) is 19.4 Å². The Balaban J connectivity index is 1.54. The molecule has 7 heteroatoms. The Bertz CT molecular complexity index is 741. The van der Waals surface area contributed by atoms with Crippen LogP contribution in [0.4, 0.5) is 20.7 Å². The van der Waals surface area contributed by atoms with E-state index < -0.39 is 0 Å². The molecule has 3 rings (SSSR count). The molecule has 1 aliphatic rings. The summed E-state index contributed by atoms with van der Waals surface area (Å²) in [6, 6.07) is 10.1. The average Bonchev–Trinajstić information content (AvgIpc) is 3.04. The minimum absolute atomic E-state index is 0.0523. The van der Waals surface area contributed by atoms with E-state index in [1.165, 1.54) is 6.07 Å². The number of benzene rings is 1. The number of hydrogen-bond acceptors (Lipinski definition) is 4. The van der Waals surface area contributed by atoms with Gasteiger partial charge in [0.2, 0.25) is 0 Å². The SMILES string of the molecule is COCc1cccc(NC(=O)NC2CCN(c3ncccc3F)C2)c1. The Morgan fingerprint density at radius 1 is 1.40 bits per heavy atom. The van der Waals surface area contributed by atoms with Crippen LogP contribution in [0.15, 0.2) is 42.6 Å². The quantitative estimate of drug-likeness (QED) is 0.875. The van der Waals surface area contributed by atoms with E-state index in [1.807, 2.05) is 29.2 Å². The van der Waals surface area contributed by atoms with E-state index in [2.05, 4.69) is 15.6 Å². The van der Waals surface area contributed by atoms with E-state index >= 15 is 0 Å². The van der Waals surface area contributed by atoms with Crippen LogP contribution in [0.1, 0.15) is 12.0 Å². The van der Waals surface area contributed by atoms with E-state index in [9.17, 15) is 9.18 Å². The van der Waals surface area contributed by atoms with Gasteiger partial charge < -0.3 is 20.3 Å². The number of carbonyl (C=O) groups is 1. The minimum Gasteiger partial charge on any atom is -0.380 e. The Kier molecular flexibility index (Phi) is 5.45. The number of pyridine rings is 1. The van der Waals surface area contributed by atoms with Gasteiger partial charge in [0.1, 0.15) is 0 Å². The molecule has 1 saturated heterocycles. The minimum atomic E-state index is -0.345. The molecule has 0 aliphatic carbocycles. The number of aromatic nitrogens is 1. The molecule has 6 nitrogen and oxygen atoms in total. The fraction of sp³-hybridized carbons (Fsp3) is 0.333. The number of carbonyl (C=O) groups excluding carboxylic acids is 1. The Labute approximate surface area is 146 Å². The van der Waals surface area contributed by atoms with Crippen LogP contribution in [0.2, 0.25) is 0 Å². The number of rotatable bonds is 5. The molecule has 25 heavy (non-hydrogen) atoms. The van der Waals surface area contributed by atoms with Crippen molar-refractivity contribution in [2.75, 3.05) is 30.4 Å². The third kappa shape index (κ3) is 4.45. The van der Waals surface area contributed by atoms with Crippen LogP contribution < -0.4 is 15.5 Å². The maximum Gasteiger partial charge on any atom is 0.319 e. The van der Waals surface area contributed by atoms with Gasteiger partial charge in [-0.15, -0.1) is 0 Å². The van der Waals surface area contributed by atoms with Crippen molar-refractivity contribution in [1.29, 1.82) is 0 Å². The number of hydrogen-bond donors (Lipinski definition) is 2. The second-order valence-electron chi connectivity index (χ2n) is 5.97. The van der Waals surface area contributed by atoms with Crippen molar-refractivity contribution in [3.63, 3.8) is 0 Å². The number of anilines is 2. The summed E-state index contributed by atoms with van der Waals surface area (Å²) in [6.07, 6.45) is 2.31. The van der Waals surface area contributed by atoms with Crippen LogP contribution in [0.5, 0.6) is 0 Å². The smallest absolute Gasteiger partial charge is 0.319 e. The summed E-state index contributed by atoms with van der Waals surface area (Å²) in [5.74, 6) is -0.0120. The number of methoxy groups -OCH3 is 1. The zero-order valence-corrected chi connectivity index (χ0v) is 14.0. The predicted molar refractivity (Wildman–Crippen MR) is 94.1 cm³/mol. The van der Waals surface area contributed by atoms with Crippen LogP contribution in [-0.2, 0) is 11.3 Å². The molecule has 2 aromatic rings. The van der Waals surface area contributed by atoms with E-state index in [4.69, 9.17) is 4.74 Å². The molecule has 0 bridgehead atoms. The first-order valence-electron chi connectivity index (χ1n) is 8.16. The van der Waals surface area contributed by atoms with Crippen LogP contribution in [0, 0.1) is 5.82 Å². The van der Waals surface area contributed by atoms with E-state index in [0.717, 1.165) is 12.0 Å². The summed E-state index contributed by atoms with van der Waals surface area (Å²) >= 11 is 0. The first kappa shape index (κ1) is 17.2. The van der Waals surface area contributed by atoms with Crippen molar-refractivity contribution in [3.05, 3.63) is 54.0 Å². The highest BCUT2D eigenvalue weighted by atomic mass is 19.1. The van der Waals surface area contributed by atoms with Crippen molar-refractivity contribution < 1.29 is 13.9 Å². The summed E-state index contributed by atoms with van der Waals surface area (Å²) in [6.45, 7) is 1.68. The lowest BCUT2D eigenvalue weighted by Gasteiger charge is -2.18. The van der Waals surface area contributed by atoms with Crippen LogP contribution in [-0.4, -0.2) is 37.3 Å². The highest BCUT2D eigenvalue weighted by Gasteiger charge is 2.26. The molecule has 0 radical (unpaired) electrons. The zero-order chi connectivity index (χ0) is 17.6. The third-order valence-corrected chi connectivity index (χ3v) is 4.06. The lowest BCUT2D eigenvalue weighted by atomic mass is 10.2. The molecule has 1 fully saturated rings. The Morgan fingerprint density at radius 2 is 2.28 bits per heavy atom. The van der Waals surface area contributed by atoms with Crippen LogP contribution in [0.25, 0.3) is 0 Å². The summed E-state index contributed by atoms with van der Waals surface area (Å²) in [5.41, 5.74) is 1.69. The maximum atomic E-state index is 13.8. The van der Waals surface area contributed by atoms with Gasteiger partial charge in [-0.05, 0) is 36.2 Å². The lowest BCUT2D eigenvalue weighted by molar-refractivity contribution is 0.185. The fourth-order valence-corrected chi connectivity index (χ4v) is 2.94. The number of amides is 2. The first-order chi connectivity index (χ1) is 12.2. The monoisotopic (exact) mass is 344 g/mol. The number of urea groups is 1. The standard InChI is InChI=1S/C18H21FN4O2/c1-25-12-13-4-2-5-14(10-13)21-18(24)22-15-7-9-23(11-15)17-16(19)6-3-8-20-17/h2-6,8,10,15H,7,9,11-12H2,1H3,(H2,21,22,24). The Morgan fingerprint density at radius 3 is 3.08 bits per heavy atom. The van der Waals surface area contributed by atoms with Crippen molar-refractivity contribution >= 4 is 17.5 Å². The Hall–Kier alpha value is -2.67. The molecule has 2 heterocycles. The van der Waals surface area contributed by atoms with Gasteiger partial charge in [0.15, 0.2) is 11.6 Å². The van der Waals surface area contributed by atoms with Gasteiger partial charge in [-0.2, -0.15) is 0 Å². The van der Waals surface area contributed by atoms with Gasteiger partial charge in [-0.25, -0.2) is 14.2 Å². The average molecular weight is 344 g/mol. The molecule has 2 N–H and O–H groups in total. The van der Waals surface area contributed by atoms with Gasteiger partial charge >= 0.3 is 6.03 Å². The summed E-state index contributed by atoms with van der Waals surface area (Å²) in [5, 5.41) is 5.74. The molecular weight excluding hydrogens is 323 g/mol. The van der Waals surface area contributed by atoms with Crippen molar-refractivity contribution in [2.45, 2.75) is 19.1 Å². The third-order valence-electron chi connectivity index (χ3n) is 4.06. The van der Waals surface area contributed by atoms with E-state index in [-0.39, 0.29) is 17.9 Å². The van der Waals surface area contributed by atoms with Gasteiger partial charge in [0, 0.05) is 38.1 Å². The van der Waals surface area contributed by atoms with Crippen LogP contribution in [0.3, 0.4) is 0 Å². The van der Waals surface area contributed by atoms with Crippen molar-refractivity contribution in [2.24, 2.45) is 0 Å². The summed E-state index contributed by atoms with van der Waals surface area (Å²) in [4.78, 5) is 18.1. The molecule has 0 spiro atoms. The molecular formula is C18H21FN4O2. The largest absolute Gasteiger partial charge is 0.380 e. The molecule has 1 unspecified atom stereocenters. The second-order valence-corrected chi connectivity index (χ2v) is 5.97. The molecule has 1 aliphatic heterocycles. The topological polar surface area (TPSA) is 66.5 Å². The molecule has 0 saturated carbocycles. The molecule has 1 atom stereocenters. The number of nitrogens with zero attached hydrogens (tertiary/aromatic N) is 2.